The van der Waals surface area contributed by atoms with Gasteiger partial charge in [0.1, 0.15) is 0 Å². The van der Waals surface area contributed by atoms with E-state index < -0.39 is 5.97 Å². The van der Waals surface area contributed by atoms with Crippen LogP contribution in [0.1, 0.15) is 83.6 Å². The van der Waals surface area contributed by atoms with Crippen LogP contribution in [0.3, 0.4) is 0 Å². The highest BCUT2D eigenvalue weighted by Crippen LogP contribution is 1.87. The van der Waals surface area contributed by atoms with E-state index >= 15 is 0 Å². The van der Waals surface area contributed by atoms with Crippen LogP contribution in [0.4, 0.5) is 0 Å². The van der Waals surface area contributed by atoms with Gasteiger partial charge in [-0.05, 0) is 68.4 Å². The number of hydrogen-bond acceptors (Lipinski definition) is 6. The fourth-order valence-corrected chi connectivity index (χ4v) is 0.573. The molecule has 2 amide bonds. The maximum Gasteiger partial charge on any atom is 0.332 e. The molecule has 0 unspecified atom stereocenters. The van der Waals surface area contributed by atoms with E-state index in [1.807, 2.05) is 72.8 Å². The van der Waals surface area contributed by atoms with E-state index in [-0.39, 0.29) is 25.2 Å². The van der Waals surface area contributed by atoms with Crippen molar-refractivity contribution in [1.82, 2.24) is 10.6 Å². The van der Waals surface area contributed by atoms with E-state index in [9.17, 15) is 19.2 Å². The molecule has 0 aliphatic rings. The van der Waals surface area contributed by atoms with Gasteiger partial charge in [0.15, 0.2) is 0 Å². The Morgan fingerprint density at radius 3 is 0.976 bits per heavy atom. The van der Waals surface area contributed by atoms with Crippen molar-refractivity contribution >= 4 is 23.8 Å². The second-order valence-electron chi connectivity index (χ2n) is 6.88. The van der Waals surface area contributed by atoms with Crippen LogP contribution in [0.15, 0.2) is 85.6 Å². The molecule has 0 bridgehead atoms. The highest BCUT2D eigenvalue weighted by atomic mass is 16.5. The predicted octanol–water partition coefficient (Wildman–Crippen LogP) is 8.11. The number of amides is 2. The second-order valence-corrected chi connectivity index (χ2v) is 6.88. The van der Waals surface area contributed by atoms with Gasteiger partial charge in [0, 0.05) is 31.3 Å². The molecule has 0 aromatic rings. The molecule has 0 aromatic heterocycles. The van der Waals surface area contributed by atoms with Gasteiger partial charge in [-0.25, -0.2) is 9.59 Å². The minimum atomic E-state index is -0.394. The third-order valence-electron chi connectivity index (χ3n) is 3.19. The zero-order valence-corrected chi connectivity index (χ0v) is 28.8. The molecule has 8 nitrogen and oxygen atoms in total. The summed E-state index contributed by atoms with van der Waals surface area (Å²) in [6.45, 7) is 34.6. The number of likely N-dealkylation sites (N-methyl/N-ethyl adjacent to an activating group) is 2. The average molecular weight is 599 g/mol. The fraction of sp³-hybridized carbons (Fsp3) is 0.471. The van der Waals surface area contributed by atoms with Crippen molar-refractivity contribution in [2.75, 3.05) is 28.3 Å². The normalized spacial score (nSPS) is 7.31. The maximum absolute atomic E-state index is 10.3. The minimum Gasteiger partial charge on any atom is -0.466 e. The number of rotatable bonds is 4. The van der Waals surface area contributed by atoms with E-state index in [1.165, 1.54) is 25.9 Å². The lowest BCUT2D eigenvalue weighted by molar-refractivity contribution is -0.136. The summed E-state index contributed by atoms with van der Waals surface area (Å²) in [6.07, 6.45) is 12.4. The number of carbonyl (C=O) groups excluding carboxylic acids is 4. The van der Waals surface area contributed by atoms with Crippen molar-refractivity contribution in [3.63, 3.8) is 0 Å². The van der Waals surface area contributed by atoms with Gasteiger partial charge in [0.2, 0.25) is 11.8 Å². The Morgan fingerprint density at radius 1 is 0.643 bits per heavy atom. The van der Waals surface area contributed by atoms with Crippen LogP contribution in [0, 0.1) is 0 Å². The summed E-state index contributed by atoms with van der Waals surface area (Å²) in [5.41, 5.74) is 2.36. The molecule has 248 valence electrons. The van der Waals surface area contributed by atoms with Gasteiger partial charge < -0.3 is 20.1 Å². The molecular weight excluding hydrogens is 532 g/mol. The summed E-state index contributed by atoms with van der Waals surface area (Å²) >= 11 is 0. The van der Waals surface area contributed by atoms with Crippen molar-refractivity contribution < 1.29 is 28.7 Å². The Labute approximate surface area is 260 Å². The maximum atomic E-state index is 10.3. The lowest BCUT2D eigenvalue weighted by Crippen LogP contribution is -2.17. The summed E-state index contributed by atoms with van der Waals surface area (Å²) in [6, 6.07) is 0. The lowest BCUT2D eigenvalue weighted by Gasteiger charge is -1.91. The van der Waals surface area contributed by atoms with Crippen molar-refractivity contribution in [2.24, 2.45) is 0 Å². The largest absolute Gasteiger partial charge is 0.466 e. The molecule has 0 aromatic carbocycles. The van der Waals surface area contributed by atoms with Gasteiger partial charge in [0.05, 0.1) is 14.2 Å². The van der Waals surface area contributed by atoms with Crippen LogP contribution in [-0.4, -0.2) is 52.1 Å². The zero-order valence-electron chi connectivity index (χ0n) is 28.8. The van der Waals surface area contributed by atoms with Crippen LogP contribution in [0.25, 0.3) is 0 Å². The van der Waals surface area contributed by atoms with Crippen LogP contribution in [0.5, 0.6) is 0 Å². The molecule has 8 heteroatoms. The molecule has 2 N–H and O–H groups in total. The number of methoxy groups -OCH3 is 2. The Morgan fingerprint density at radius 2 is 0.976 bits per heavy atom. The highest BCUT2D eigenvalue weighted by molar-refractivity contribution is 5.91. The van der Waals surface area contributed by atoms with Crippen LogP contribution in [-0.2, 0) is 28.7 Å². The van der Waals surface area contributed by atoms with Crippen molar-refractivity contribution in [3.05, 3.63) is 85.6 Å². The van der Waals surface area contributed by atoms with Gasteiger partial charge in [-0.15, -0.1) is 0 Å². The predicted molar refractivity (Wildman–Crippen MR) is 186 cm³/mol. The smallest absolute Gasteiger partial charge is 0.332 e. The third-order valence-corrected chi connectivity index (χ3v) is 3.19. The SMILES string of the molecule is C.C/C=C\C.C/C=C\C.C=C(C)C(=O)NC.C=C(C)C(=O)OC.C=CC(=O)NC.C=CC(=O)OC.CC.CC=C(C)C. The van der Waals surface area contributed by atoms with Crippen molar-refractivity contribution in [3.8, 4) is 0 Å². The second kappa shape index (κ2) is 61.2. The molecule has 0 heterocycles. The molecular formula is C34H66N2O6. The summed E-state index contributed by atoms with van der Waals surface area (Å²) in [7, 11) is 5.78. The molecule has 0 radical (unpaired) electrons. The third kappa shape index (κ3) is 110. The molecule has 0 spiro atoms. The first-order chi connectivity index (χ1) is 19.1. The summed E-state index contributed by atoms with van der Waals surface area (Å²) in [5, 5.41) is 4.78. The first-order valence-corrected chi connectivity index (χ1v) is 13.0. The van der Waals surface area contributed by atoms with Crippen LogP contribution < -0.4 is 10.6 Å². The van der Waals surface area contributed by atoms with Crippen LogP contribution >= 0.6 is 0 Å². The molecule has 42 heavy (non-hydrogen) atoms. The topological polar surface area (TPSA) is 111 Å². The molecule has 0 atom stereocenters. The van der Waals surface area contributed by atoms with E-state index in [0.717, 1.165) is 6.08 Å². The molecule has 0 aliphatic carbocycles. The van der Waals surface area contributed by atoms with Gasteiger partial charge in [-0.3, -0.25) is 9.59 Å². The van der Waals surface area contributed by atoms with Crippen LogP contribution in [0.2, 0.25) is 0 Å². The first kappa shape index (κ1) is 61.9. The Balaban J connectivity index is -0.0000000430. The highest BCUT2D eigenvalue weighted by Gasteiger charge is 1.95. The summed E-state index contributed by atoms with van der Waals surface area (Å²) < 4.78 is 8.42. The minimum absolute atomic E-state index is 0. The monoisotopic (exact) mass is 598 g/mol. The van der Waals surface area contributed by atoms with E-state index in [4.69, 9.17) is 0 Å². The van der Waals surface area contributed by atoms with Gasteiger partial charge in [-0.1, -0.05) is 83.5 Å². The number of allylic oxidation sites excluding steroid dienone is 6. The van der Waals surface area contributed by atoms with Gasteiger partial charge in [-0.2, -0.15) is 0 Å². The fourth-order valence-electron chi connectivity index (χ4n) is 0.573. The molecule has 0 fully saturated rings. The molecule has 0 aliphatic heterocycles. The Hall–Kier alpha value is -3.94. The van der Waals surface area contributed by atoms with E-state index in [1.54, 1.807) is 27.9 Å². The number of nitrogens with one attached hydrogen (secondary N) is 2. The number of hydrogen-bond donors (Lipinski definition) is 2. The Bertz CT molecular complexity index is 694. The van der Waals surface area contributed by atoms with Gasteiger partial charge in [0.25, 0.3) is 0 Å². The molecule has 0 saturated carbocycles. The average Bonchev–Trinajstić information content (AvgIpc) is 3.01. The number of ether oxygens (including phenoxy) is 2. The quantitative estimate of drug-likeness (QED) is 0.192. The standard InChI is InChI=1S/C5H9NO.C5H8O2.C5H10.C4H7NO.C4H6O2.2C4H8.C2H6.CH4/c1-4(2)5(7)6-3;1-4(2)5(6)7-3;1-4-5(2)3;1-3-4(6)5-2;1-3-4(5)6-2;2*1-3-4-2;1-2;/h1H2,2-3H3,(H,6,7);1H2,2-3H3;4H,1-3H3;3H,1H2,2H3,(H,5,6);3H,1H2,2H3;2*3-4H,1-2H3;1-2H3;1H4/b;;;;;2*4-3-;;. The van der Waals surface area contributed by atoms with E-state index in [0.29, 0.717) is 11.1 Å². The van der Waals surface area contributed by atoms with Gasteiger partial charge >= 0.3 is 11.9 Å². The van der Waals surface area contributed by atoms with E-state index in [2.05, 4.69) is 66.3 Å². The number of esters is 2. The lowest BCUT2D eigenvalue weighted by atomic mass is 10.3. The summed E-state index contributed by atoms with van der Waals surface area (Å²) in [5.74, 6) is -0.981. The molecule has 0 rings (SSSR count). The summed E-state index contributed by atoms with van der Waals surface area (Å²) in [4.78, 5) is 40.3. The number of carbonyl (C=O) groups is 4. The molecule has 0 saturated heterocycles. The zero-order chi connectivity index (χ0) is 34.8. The Kier molecular flexibility index (Phi) is 90.2. The first-order valence-electron chi connectivity index (χ1n) is 13.0. The van der Waals surface area contributed by atoms with Crippen molar-refractivity contribution in [2.45, 2.75) is 83.6 Å². The van der Waals surface area contributed by atoms with Crippen molar-refractivity contribution in [1.29, 1.82) is 0 Å².